The number of alkyl halides is 1. The van der Waals surface area contributed by atoms with E-state index in [9.17, 15) is 4.79 Å². The van der Waals surface area contributed by atoms with E-state index in [1.54, 1.807) is 11.8 Å². The van der Waals surface area contributed by atoms with Crippen LogP contribution in [0.25, 0.3) is 0 Å². The van der Waals surface area contributed by atoms with Gasteiger partial charge >= 0.3 is 0 Å². The number of anilines is 1. The molecule has 0 saturated carbocycles. The molecule has 0 aliphatic rings. The van der Waals surface area contributed by atoms with Gasteiger partial charge in [-0.05, 0) is 30.5 Å². The minimum Gasteiger partial charge on any atom is -0.326 e. The van der Waals surface area contributed by atoms with E-state index in [2.05, 4.69) is 5.32 Å². The van der Waals surface area contributed by atoms with Gasteiger partial charge in [0.2, 0.25) is 5.91 Å². The first-order chi connectivity index (χ1) is 6.76. The third kappa shape index (κ3) is 3.60. The summed E-state index contributed by atoms with van der Waals surface area (Å²) >= 11 is 7.12. The van der Waals surface area contributed by atoms with Gasteiger partial charge in [-0.2, -0.15) is 0 Å². The van der Waals surface area contributed by atoms with Crippen LogP contribution in [0.15, 0.2) is 29.2 Å². The zero-order valence-electron chi connectivity index (χ0n) is 7.92. The second-order valence-corrected chi connectivity index (χ2v) is 3.97. The van der Waals surface area contributed by atoms with E-state index in [0.29, 0.717) is 12.3 Å². The van der Waals surface area contributed by atoms with Crippen LogP contribution < -0.4 is 5.32 Å². The van der Waals surface area contributed by atoms with Crippen molar-refractivity contribution >= 4 is 35.0 Å². The second kappa shape index (κ2) is 5.94. The SMILES string of the molecule is CSc1ccc(NC(=O)CCCl)cc1. The molecule has 0 fully saturated rings. The third-order valence-electron chi connectivity index (χ3n) is 1.70. The third-order valence-corrected chi connectivity index (χ3v) is 2.63. The number of nitrogens with one attached hydrogen (secondary N) is 1. The van der Waals surface area contributed by atoms with Gasteiger partial charge in [0.1, 0.15) is 0 Å². The fourth-order valence-corrected chi connectivity index (χ4v) is 1.56. The molecule has 14 heavy (non-hydrogen) atoms. The van der Waals surface area contributed by atoms with Gasteiger partial charge in [-0.15, -0.1) is 23.4 Å². The van der Waals surface area contributed by atoms with Crippen molar-refractivity contribution in [1.29, 1.82) is 0 Å². The number of hydrogen-bond acceptors (Lipinski definition) is 2. The van der Waals surface area contributed by atoms with Crippen LogP contribution in [-0.4, -0.2) is 18.0 Å². The number of benzene rings is 1. The van der Waals surface area contributed by atoms with Gasteiger partial charge in [-0.3, -0.25) is 4.79 Å². The largest absolute Gasteiger partial charge is 0.326 e. The predicted molar refractivity (Wildman–Crippen MR) is 62.2 cm³/mol. The lowest BCUT2D eigenvalue weighted by atomic mass is 10.3. The number of carbonyl (C=O) groups excluding carboxylic acids is 1. The molecule has 76 valence electrons. The van der Waals surface area contributed by atoms with Crippen molar-refractivity contribution in [3.8, 4) is 0 Å². The molecule has 1 amide bonds. The zero-order valence-corrected chi connectivity index (χ0v) is 9.49. The lowest BCUT2D eigenvalue weighted by Crippen LogP contribution is -2.11. The van der Waals surface area contributed by atoms with Crippen LogP contribution in [0.5, 0.6) is 0 Å². The van der Waals surface area contributed by atoms with Crippen LogP contribution in [0.1, 0.15) is 6.42 Å². The second-order valence-electron chi connectivity index (χ2n) is 2.72. The van der Waals surface area contributed by atoms with Crippen LogP contribution in [0.2, 0.25) is 0 Å². The highest BCUT2D eigenvalue weighted by Crippen LogP contribution is 2.17. The molecule has 1 N–H and O–H groups in total. The number of rotatable bonds is 4. The van der Waals surface area contributed by atoms with Crippen LogP contribution in [0, 0.1) is 0 Å². The normalized spacial score (nSPS) is 9.86. The molecule has 0 spiro atoms. The quantitative estimate of drug-likeness (QED) is 0.635. The highest BCUT2D eigenvalue weighted by molar-refractivity contribution is 7.98. The van der Waals surface area contributed by atoms with Crippen LogP contribution in [-0.2, 0) is 4.79 Å². The van der Waals surface area contributed by atoms with Crippen molar-refractivity contribution in [3.05, 3.63) is 24.3 Å². The Balaban J connectivity index is 2.55. The van der Waals surface area contributed by atoms with E-state index in [-0.39, 0.29) is 5.91 Å². The molecule has 4 heteroatoms. The number of carbonyl (C=O) groups is 1. The van der Waals surface area contributed by atoms with Crippen molar-refractivity contribution in [1.82, 2.24) is 0 Å². The van der Waals surface area contributed by atoms with E-state index < -0.39 is 0 Å². The average molecular weight is 230 g/mol. The van der Waals surface area contributed by atoms with Crippen molar-refractivity contribution < 1.29 is 4.79 Å². The molecular formula is C10H12ClNOS. The Labute approximate surface area is 93.0 Å². The maximum Gasteiger partial charge on any atom is 0.225 e. The molecular weight excluding hydrogens is 218 g/mol. The summed E-state index contributed by atoms with van der Waals surface area (Å²) in [6, 6.07) is 7.72. The van der Waals surface area contributed by atoms with Gasteiger partial charge in [0, 0.05) is 22.9 Å². The molecule has 1 rings (SSSR count). The van der Waals surface area contributed by atoms with E-state index in [1.807, 2.05) is 30.5 Å². The Bertz CT molecular complexity index is 299. The van der Waals surface area contributed by atoms with Gasteiger partial charge in [0.15, 0.2) is 0 Å². The molecule has 0 aliphatic carbocycles. The molecule has 0 bridgehead atoms. The van der Waals surface area contributed by atoms with Gasteiger partial charge in [0.25, 0.3) is 0 Å². The monoisotopic (exact) mass is 229 g/mol. The Morgan fingerprint density at radius 1 is 1.43 bits per heavy atom. The van der Waals surface area contributed by atoms with Crippen LogP contribution >= 0.6 is 23.4 Å². The van der Waals surface area contributed by atoms with E-state index >= 15 is 0 Å². The highest BCUT2D eigenvalue weighted by atomic mass is 35.5. The molecule has 0 atom stereocenters. The Morgan fingerprint density at radius 2 is 2.07 bits per heavy atom. The van der Waals surface area contributed by atoms with Gasteiger partial charge in [0.05, 0.1) is 0 Å². The van der Waals surface area contributed by atoms with Crippen molar-refractivity contribution in [2.45, 2.75) is 11.3 Å². The zero-order chi connectivity index (χ0) is 10.4. The van der Waals surface area contributed by atoms with Crippen LogP contribution in [0.4, 0.5) is 5.69 Å². The number of halogens is 1. The molecule has 0 unspecified atom stereocenters. The Morgan fingerprint density at radius 3 is 2.57 bits per heavy atom. The van der Waals surface area contributed by atoms with E-state index in [0.717, 1.165) is 5.69 Å². The summed E-state index contributed by atoms with van der Waals surface area (Å²) in [6.07, 6.45) is 2.37. The van der Waals surface area contributed by atoms with E-state index in [1.165, 1.54) is 4.90 Å². The maximum absolute atomic E-state index is 11.2. The molecule has 0 saturated heterocycles. The smallest absolute Gasteiger partial charge is 0.225 e. The first-order valence-electron chi connectivity index (χ1n) is 4.26. The Kier molecular flexibility index (Phi) is 4.84. The minimum absolute atomic E-state index is 0.0445. The topological polar surface area (TPSA) is 29.1 Å². The van der Waals surface area contributed by atoms with Crippen molar-refractivity contribution in [2.75, 3.05) is 17.5 Å². The van der Waals surface area contributed by atoms with Crippen LogP contribution in [0.3, 0.4) is 0 Å². The lowest BCUT2D eigenvalue weighted by Gasteiger charge is -2.04. The summed E-state index contributed by atoms with van der Waals surface area (Å²) in [5, 5.41) is 2.76. The summed E-state index contributed by atoms with van der Waals surface area (Å²) in [7, 11) is 0. The summed E-state index contributed by atoms with van der Waals surface area (Å²) in [4.78, 5) is 12.3. The Hall–Kier alpha value is -0.670. The first-order valence-corrected chi connectivity index (χ1v) is 6.02. The highest BCUT2D eigenvalue weighted by Gasteiger charge is 2.00. The van der Waals surface area contributed by atoms with Crippen molar-refractivity contribution in [2.24, 2.45) is 0 Å². The van der Waals surface area contributed by atoms with E-state index in [4.69, 9.17) is 11.6 Å². The number of hydrogen-bond donors (Lipinski definition) is 1. The minimum atomic E-state index is -0.0445. The average Bonchev–Trinajstić information content (AvgIpc) is 2.19. The molecule has 0 heterocycles. The summed E-state index contributed by atoms with van der Waals surface area (Å²) in [5.74, 6) is 0.311. The molecule has 0 aliphatic heterocycles. The molecule has 1 aromatic rings. The number of amides is 1. The fourth-order valence-electron chi connectivity index (χ4n) is 0.984. The summed E-state index contributed by atoms with van der Waals surface area (Å²) < 4.78 is 0. The van der Waals surface area contributed by atoms with Gasteiger partial charge in [-0.25, -0.2) is 0 Å². The molecule has 0 radical (unpaired) electrons. The number of thioether (sulfide) groups is 1. The molecule has 1 aromatic carbocycles. The molecule has 0 aromatic heterocycles. The van der Waals surface area contributed by atoms with Gasteiger partial charge in [-0.1, -0.05) is 0 Å². The fraction of sp³-hybridized carbons (Fsp3) is 0.300. The maximum atomic E-state index is 11.2. The summed E-state index contributed by atoms with van der Waals surface area (Å²) in [6.45, 7) is 0. The molecule has 2 nitrogen and oxygen atoms in total. The van der Waals surface area contributed by atoms with Crippen molar-refractivity contribution in [3.63, 3.8) is 0 Å². The first kappa shape index (κ1) is 11.4. The lowest BCUT2D eigenvalue weighted by molar-refractivity contribution is -0.115. The predicted octanol–water partition coefficient (Wildman–Crippen LogP) is 2.98. The van der Waals surface area contributed by atoms with Gasteiger partial charge < -0.3 is 5.32 Å². The summed E-state index contributed by atoms with van der Waals surface area (Å²) in [5.41, 5.74) is 0.818. The standard InChI is InChI=1S/C10H12ClNOS/c1-14-9-4-2-8(3-5-9)12-10(13)6-7-11/h2-5H,6-7H2,1H3,(H,12,13).